The molecule has 2 rings (SSSR count). The van der Waals surface area contributed by atoms with Gasteiger partial charge in [0.05, 0.1) is 12.5 Å². The van der Waals surface area contributed by atoms with E-state index >= 15 is 0 Å². The normalized spacial score (nSPS) is 24.0. The maximum atomic E-state index is 5.18. The van der Waals surface area contributed by atoms with Crippen LogP contribution in [0.25, 0.3) is 0 Å². The van der Waals surface area contributed by atoms with Gasteiger partial charge in [0.25, 0.3) is 0 Å². The van der Waals surface area contributed by atoms with E-state index in [1.54, 1.807) is 0 Å². The zero-order valence-corrected chi connectivity index (χ0v) is 7.56. The van der Waals surface area contributed by atoms with Gasteiger partial charge in [-0.2, -0.15) is 0 Å². The van der Waals surface area contributed by atoms with Crippen LogP contribution in [0.15, 0.2) is 16.9 Å². The summed E-state index contributed by atoms with van der Waals surface area (Å²) in [7, 11) is 0. The molecule has 0 N–H and O–H groups in total. The highest BCUT2D eigenvalue weighted by atomic mass is 16.3. The molecular weight excluding hydrogens is 136 g/mol. The highest BCUT2D eigenvalue weighted by molar-refractivity contribution is 5.50. The lowest BCUT2D eigenvalue weighted by molar-refractivity contribution is 0.245. The lowest BCUT2D eigenvalue weighted by atomic mass is 9.51. The third kappa shape index (κ3) is 0.536. The molecule has 0 aromatic carbocycles. The standard InChI is InChI=1S/C10H14O/c1-9(2)7-5-11-6-8(7)10(9,3)4/h5-6H,1-4H3. The smallest absolute Gasteiger partial charge is 0.0943 e. The van der Waals surface area contributed by atoms with Crippen LogP contribution in [0.2, 0.25) is 0 Å². The molecule has 1 aliphatic rings. The van der Waals surface area contributed by atoms with Gasteiger partial charge in [-0.25, -0.2) is 0 Å². The second-order valence-corrected chi connectivity index (χ2v) is 4.45. The molecule has 0 amide bonds. The van der Waals surface area contributed by atoms with Crippen molar-refractivity contribution in [2.24, 2.45) is 0 Å². The molecule has 1 heteroatoms. The molecule has 0 bridgehead atoms. The maximum Gasteiger partial charge on any atom is 0.0943 e. The van der Waals surface area contributed by atoms with Gasteiger partial charge in [-0.3, -0.25) is 0 Å². The van der Waals surface area contributed by atoms with Gasteiger partial charge in [-0.1, -0.05) is 27.7 Å². The Hall–Kier alpha value is -0.720. The molecule has 0 radical (unpaired) electrons. The first-order chi connectivity index (χ1) is 4.98. The van der Waals surface area contributed by atoms with Crippen LogP contribution in [-0.4, -0.2) is 0 Å². The minimum absolute atomic E-state index is 0.287. The summed E-state index contributed by atoms with van der Waals surface area (Å²) in [5.41, 5.74) is 3.33. The quantitative estimate of drug-likeness (QED) is 0.554. The molecule has 1 aromatic rings. The Morgan fingerprint density at radius 2 is 1.27 bits per heavy atom. The van der Waals surface area contributed by atoms with E-state index in [0.29, 0.717) is 0 Å². The highest BCUT2D eigenvalue weighted by Crippen LogP contribution is 2.55. The van der Waals surface area contributed by atoms with Gasteiger partial charge in [-0.05, 0) is 0 Å². The maximum absolute atomic E-state index is 5.18. The van der Waals surface area contributed by atoms with Gasteiger partial charge in [0, 0.05) is 22.0 Å². The van der Waals surface area contributed by atoms with Crippen molar-refractivity contribution in [1.82, 2.24) is 0 Å². The number of hydrogen-bond donors (Lipinski definition) is 0. The van der Waals surface area contributed by atoms with Crippen LogP contribution >= 0.6 is 0 Å². The molecule has 1 aliphatic carbocycles. The fourth-order valence-electron chi connectivity index (χ4n) is 1.88. The van der Waals surface area contributed by atoms with E-state index in [1.807, 2.05) is 12.5 Å². The van der Waals surface area contributed by atoms with Crippen molar-refractivity contribution in [2.45, 2.75) is 38.5 Å². The zero-order valence-electron chi connectivity index (χ0n) is 7.56. The SMILES string of the molecule is CC1(C)c2cocc2C1(C)C. The predicted octanol–water partition coefficient (Wildman–Crippen LogP) is 2.85. The van der Waals surface area contributed by atoms with Crippen LogP contribution in [0, 0.1) is 0 Å². The van der Waals surface area contributed by atoms with Crippen LogP contribution in [0.4, 0.5) is 0 Å². The highest BCUT2D eigenvalue weighted by Gasteiger charge is 2.52. The van der Waals surface area contributed by atoms with Crippen LogP contribution in [0.1, 0.15) is 38.8 Å². The summed E-state index contributed by atoms with van der Waals surface area (Å²) in [6.45, 7) is 9.07. The third-order valence-corrected chi connectivity index (χ3v) is 3.57. The summed E-state index contributed by atoms with van der Waals surface area (Å²) in [6.07, 6.45) is 3.75. The summed E-state index contributed by atoms with van der Waals surface area (Å²) in [5.74, 6) is 0. The molecule has 0 spiro atoms. The van der Waals surface area contributed by atoms with Crippen molar-refractivity contribution in [1.29, 1.82) is 0 Å². The molecule has 1 aromatic heterocycles. The predicted molar refractivity (Wildman–Crippen MR) is 44.8 cm³/mol. The fraction of sp³-hybridized carbons (Fsp3) is 0.600. The van der Waals surface area contributed by atoms with Crippen LogP contribution in [0.5, 0.6) is 0 Å². The first-order valence-corrected chi connectivity index (χ1v) is 4.05. The molecule has 0 unspecified atom stereocenters. The summed E-state index contributed by atoms with van der Waals surface area (Å²) >= 11 is 0. The molecule has 0 saturated heterocycles. The molecule has 0 aliphatic heterocycles. The molecule has 1 nitrogen and oxygen atoms in total. The van der Waals surface area contributed by atoms with Crippen molar-refractivity contribution < 1.29 is 4.42 Å². The van der Waals surface area contributed by atoms with Crippen molar-refractivity contribution in [2.75, 3.05) is 0 Å². The minimum atomic E-state index is 0.287. The molecule has 0 fully saturated rings. The Morgan fingerprint density at radius 3 is 1.64 bits per heavy atom. The van der Waals surface area contributed by atoms with Crippen LogP contribution in [-0.2, 0) is 10.8 Å². The Labute approximate surface area is 67.4 Å². The van der Waals surface area contributed by atoms with Gasteiger partial charge in [-0.15, -0.1) is 0 Å². The van der Waals surface area contributed by atoms with Gasteiger partial charge < -0.3 is 4.42 Å². The van der Waals surface area contributed by atoms with Gasteiger partial charge in [0.1, 0.15) is 0 Å². The van der Waals surface area contributed by atoms with Crippen molar-refractivity contribution in [3.63, 3.8) is 0 Å². The Bertz CT molecular complexity index is 263. The van der Waals surface area contributed by atoms with Crippen molar-refractivity contribution in [3.8, 4) is 0 Å². The first-order valence-electron chi connectivity index (χ1n) is 4.05. The van der Waals surface area contributed by atoms with Crippen LogP contribution < -0.4 is 0 Å². The number of rotatable bonds is 0. The molecular formula is C10H14O. The molecule has 60 valence electrons. The van der Waals surface area contributed by atoms with E-state index in [-0.39, 0.29) is 10.8 Å². The molecule has 0 atom stereocenters. The van der Waals surface area contributed by atoms with Gasteiger partial charge >= 0.3 is 0 Å². The molecule has 1 heterocycles. The van der Waals surface area contributed by atoms with Gasteiger partial charge in [0.2, 0.25) is 0 Å². The first kappa shape index (κ1) is 6.96. The van der Waals surface area contributed by atoms with Crippen molar-refractivity contribution in [3.05, 3.63) is 23.7 Å². The Kier molecular flexibility index (Phi) is 0.978. The summed E-state index contributed by atoms with van der Waals surface area (Å²) < 4.78 is 5.18. The average molecular weight is 150 g/mol. The number of hydrogen-bond acceptors (Lipinski definition) is 1. The second-order valence-electron chi connectivity index (χ2n) is 4.45. The zero-order chi connectivity index (χ0) is 8.28. The Balaban J connectivity index is 2.63. The summed E-state index contributed by atoms with van der Waals surface area (Å²) in [6, 6.07) is 0. The minimum Gasteiger partial charge on any atom is -0.472 e. The van der Waals surface area contributed by atoms with E-state index in [1.165, 1.54) is 11.1 Å². The number of fused-ring (bicyclic) bond motifs is 1. The average Bonchev–Trinajstić information content (AvgIpc) is 2.32. The van der Waals surface area contributed by atoms with Crippen molar-refractivity contribution >= 4 is 0 Å². The summed E-state index contributed by atoms with van der Waals surface area (Å²) in [4.78, 5) is 0. The topological polar surface area (TPSA) is 13.1 Å². The van der Waals surface area contributed by atoms with E-state index in [2.05, 4.69) is 27.7 Å². The Morgan fingerprint density at radius 1 is 0.909 bits per heavy atom. The monoisotopic (exact) mass is 150 g/mol. The molecule has 11 heavy (non-hydrogen) atoms. The van der Waals surface area contributed by atoms with Crippen LogP contribution in [0.3, 0.4) is 0 Å². The van der Waals surface area contributed by atoms with E-state index in [0.717, 1.165) is 0 Å². The number of furan rings is 1. The second kappa shape index (κ2) is 1.55. The van der Waals surface area contributed by atoms with E-state index < -0.39 is 0 Å². The third-order valence-electron chi connectivity index (χ3n) is 3.57. The lowest BCUT2D eigenvalue weighted by Crippen LogP contribution is -2.49. The largest absolute Gasteiger partial charge is 0.472 e. The molecule has 0 saturated carbocycles. The van der Waals surface area contributed by atoms with E-state index in [4.69, 9.17) is 4.42 Å². The lowest BCUT2D eigenvalue weighted by Gasteiger charge is -2.51. The van der Waals surface area contributed by atoms with E-state index in [9.17, 15) is 0 Å². The summed E-state index contributed by atoms with van der Waals surface area (Å²) in [5, 5.41) is 0. The fourth-order valence-corrected chi connectivity index (χ4v) is 1.88. The van der Waals surface area contributed by atoms with Gasteiger partial charge in [0.15, 0.2) is 0 Å².